The SMILES string of the molecule is O=C(Nc1ccc(N(CCCl)CCCl)cc1)Nc1cc(-c2ccccc2Br)nc2ccccc12. The Kier molecular flexibility index (Phi) is 8.27. The molecular weight excluding hydrogens is 535 g/mol. The molecule has 0 aliphatic rings. The zero-order chi connectivity index (χ0) is 23.9. The molecule has 4 rings (SSSR count). The van der Waals surface area contributed by atoms with Crippen molar-refractivity contribution in [2.24, 2.45) is 0 Å². The molecule has 0 aliphatic heterocycles. The molecule has 0 aliphatic carbocycles. The van der Waals surface area contributed by atoms with E-state index in [9.17, 15) is 4.79 Å². The molecule has 174 valence electrons. The quantitative estimate of drug-likeness (QED) is 0.219. The Hall–Kier alpha value is -2.80. The van der Waals surface area contributed by atoms with Gasteiger partial charge in [-0.2, -0.15) is 0 Å². The molecule has 0 unspecified atom stereocenters. The lowest BCUT2D eigenvalue weighted by atomic mass is 10.1. The average molecular weight is 558 g/mol. The molecule has 8 heteroatoms. The highest BCUT2D eigenvalue weighted by atomic mass is 79.9. The molecule has 34 heavy (non-hydrogen) atoms. The summed E-state index contributed by atoms with van der Waals surface area (Å²) < 4.78 is 0.936. The van der Waals surface area contributed by atoms with E-state index in [2.05, 4.69) is 31.5 Å². The van der Waals surface area contributed by atoms with Gasteiger partial charge in [-0.05, 0) is 42.5 Å². The van der Waals surface area contributed by atoms with Crippen LogP contribution in [0.2, 0.25) is 0 Å². The molecule has 0 spiro atoms. The molecule has 0 saturated carbocycles. The normalized spacial score (nSPS) is 10.8. The van der Waals surface area contributed by atoms with Gasteiger partial charge in [0.1, 0.15) is 0 Å². The third kappa shape index (κ3) is 5.81. The van der Waals surface area contributed by atoms with Crippen LogP contribution in [0.15, 0.2) is 83.3 Å². The Morgan fingerprint density at radius 3 is 2.26 bits per heavy atom. The predicted molar refractivity (Wildman–Crippen MR) is 148 cm³/mol. The number of alkyl halides is 2. The molecule has 1 aromatic heterocycles. The highest BCUT2D eigenvalue weighted by Crippen LogP contribution is 2.32. The zero-order valence-electron chi connectivity index (χ0n) is 18.3. The number of carbonyl (C=O) groups is 1. The second-order valence-electron chi connectivity index (χ2n) is 7.54. The van der Waals surface area contributed by atoms with Crippen molar-refractivity contribution in [3.8, 4) is 11.3 Å². The van der Waals surface area contributed by atoms with E-state index in [-0.39, 0.29) is 6.03 Å². The molecule has 5 nitrogen and oxygen atoms in total. The summed E-state index contributed by atoms with van der Waals surface area (Å²) in [4.78, 5) is 19.8. The summed E-state index contributed by atoms with van der Waals surface area (Å²) in [7, 11) is 0. The van der Waals surface area contributed by atoms with E-state index in [1.807, 2.05) is 78.9 Å². The smallest absolute Gasteiger partial charge is 0.323 e. The monoisotopic (exact) mass is 556 g/mol. The number of aromatic nitrogens is 1. The van der Waals surface area contributed by atoms with Crippen molar-refractivity contribution in [3.63, 3.8) is 0 Å². The maximum absolute atomic E-state index is 12.9. The van der Waals surface area contributed by atoms with Crippen molar-refractivity contribution in [3.05, 3.63) is 83.3 Å². The number of hydrogen-bond acceptors (Lipinski definition) is 3. The van der Waals surface area contributed by atoms with Gasteiger partial charge in [0, 0.05) is 51.6 Å². The highest BCUT2D eigenvalue weighted by molar-refractivity contribution is 9.10. The van der Waals surface area contributed by atoms with Crippen molar-refractivity contribution >= 4 is 73.1 Å². The topological polar surface area (TPSA) is 57.3 Å². The number of anilines is 3. The molecule has 0 radical (unpaired) electrons. The van der Waals surface area contributed by atoms with Crippen molar-refractivity contribution in [2.45, 2.75) is 0 Å². The van der Waals surface area contributed by atoms with Gasteiger partial charge in [0.2, 0.25) is 0 Å². The van der Waals surface area contributed by atoms with Gasteiger partial charge in [0.15, 0.2) is 0 Å². The predicted octanol–water partition coefficient (Wildman–Crippen LogP) is 7.59. The number of nitrogens with zero attached hydrogens (tertiary/aromatic N) is 2. The molecule has 2 amide bonds. The van der Waals surface area contributed by atoms with Crippen LogP contribution in [0.4, 0.5) is 21.9 Å². The maximum Gasteiger partial charge on any atom is 0.323 e. The second-order valence-corrected chi connectivity index (χ2v) is 9.15. The van der Waals surface area contributed by atoms with E-state index in [0.29, 0.717) is 36.2 Å². The lowest BCUT2D eigenvalue weighted by molar-refractivity contribution is 0.262. The van der Waals surface area contributed by atoms with E-state index in [1.165, 1.54) is 0 Å². The van der Waals surface area contributed by atoms with Crippen molar-refractivity contribution in [2.75, 3.05) is 40.4 Å². The van der Waals surface area contributed by atoms with E-state index < -0.39 is 0 Å². The number of para-hydroxylation sites is 1. The van der Waals surface area contributed by atoms with Gasteiger partial charge in [-0.3, -0.25) is 0 Å². The van der Waals surface area contributed by atoms with Crippen molar-refractivity contribution in [1.82, 2.24) is 4.98 Å². The van der Waals surface area contributed by atoms with Crippen LogP contribution in [0, 0.1) is 0 Å². The fourth-order valence-corrected chi connectivity index (χ4v) is 4.60. The number of hydrogen-bond donors (Lipinski definition) is 2. The molecule has 1 heterocycles. The molecule has 0 atom stereocenters. The van der Waals surface area contributed by atoms with Gasteiger partial charge in [-0.25, -0.2) is 9.78 Å². The standard InChI is InChI=1S/C26H23BrCl2N4O/c27-22-7-3-1-5-20(22)24-17-25(21-6-2-4-8-23(21)31-24)32-26(34)30-18-9-11-19(12-10-18)33(15-13-28)16-14-29/h1-12,17H,13-16H2,(H2,30,31,32,34). The lowest BCUT2D eigenvalue weighted by Gasteiger charge is -2.23. The molecule has 4 aromatic rings. The van der Waals surface area contributed by atoms with Crippen LogP contribution in [0.1, 0.15) is 0 Å². The third-order valence-electron chi connectivity index (χ3n) is 5.31. The van der Waals surface area contributed by atoms with Gasteiger partial charge in [-0.15, -0.1) is 23.2 Å². The van der Waals surface area contributed by atoms with Crippen LogP contribution in [0.25, 0.3) is 22.2 Å². The second kappa shape index (κ2) is 11.6. The molecule has 2 N–H and O–H groups in total. The van der Waals surface area contributed by atoms with Gasteiger partial charge < -0.3 is 15.5 Å². The van der Waals surface area contributed by atoms with Crippen molar-refractivity contribution in [1.29, 1.82) is 0 Å². The first-order chi connectivity index (χ1) is 16.6. The summed E-state index contributed by atoms with van der Waals surface area (Å²) in [5.74, 6) is 1.03. The highest BCUT2D eigenvalue weighted by Gasteiger charge is 2.12. The minimum absolute atomic E-state index is 0.333. The van der Waals surface area contributed by atoms with E-state index in [0.717, 1.165) is 32.3 Å². The molecule has 0 fully saturated rings. The first-order valence-electron chi connectivity index (χ1n) is 10.8. The molecule has 0 saturated heterocycles. The Balaban J connectivity index is 1.55. The van der Waals surface area contributed by atoms with Crippen LogP contribution in [0.5, 0.6) is 0 Å². The van der Waals surface area contributed by atoms with E-state index in [1.54, 1.807) is 0 Å². The number of rotatable bonds is 8. The number of benzene rings is 3. The minimum atomic E-state index is -0.333. The summed E-state index contributed by atoms with van der Waals surface area (Å²) in [5.41, 5.74) is 4.89. The van der Waals surface area contributed by atoms with E-state index >= 15 is 0 Å². The van der Waals surface area contributed by atoms with Gasteiger partial charge in [-0.1, -0.05) is 52.3 Å². The Labute approximate surface area is 217 Å². The Bertz CT molecular complexity index is 1280. The first kappa shape index (κ1) is 24.3. The number of nitrogens with one attached hydrogen (secondary N) is 2. The Morgan fingerprint density at radius 2 is 1.56 bits per heavy atom. The minimum Gasteiger partial charge on any atom is -0.369 e. The number of urea groups is 1. The number of carbonyl (C=O) groups excluding carboxylic acids is 1. The fourth-order valence-electron chi connectivity index (χ4n) is 3.70. The third-order valence-corrected chi connectivity index (χ3v) is 6.34. The fraction of sp³-hybridized carbons (Fsp3) is 0.154. The number of fused-ring (bicyclic) bond motifs is 1. The van der Waals surface area contributed by atoms with Gasteiger partial charge >= 0.3 is 6.03 Å². The van der Waals surface area contributed by atoms with Crippen LogP contribution in [-0.2, 0) is 0 Å². The molecule has 3 aromatic carbocycles. The maximum atomic E-state index is 12.9. The zero-order valence-corrected chi connectivity index (χ0v) is 21.4. The summed E-state index contributed by atoms with van der Waals surface area (Å²) in [6, 6.07) is 24.8. The number of halogens is 3. The Morgan fingerprint density at radius 1 is 0.882 bits per heavy atom. The average Bonchev–Trinajstić information content (AvgIpc) is 2.84. The number of amides is 2. The van der Waals surface area contributed by atoms with Crippen LogP contribution < -0.4 is 15.5 Å². The van der Waals surface area contributed by atoms with Crippen LogP contribution >= 0.6 is 39.1 Å². The van der Waals surface area contributed by atoms with E-state index in [4.69, 9.17) is 28.2 Å². The van der Waals surface area contributed by atoms with Gasteiger partial charge in [0.05, 0.1) is 16.9 Å². The van der Waals surface area contributed by atoms with Crippen molar-refractivity contribution < 1.29 is 4.79 Å². The van der Waals surface area contributed by atoms with Crippen LogP contribution in [-0.4, -0.2) is 35.9 Å². The molecule has 0 bridgehead atoms. The first-order valence-corrected chi connectivity index (χ1v) is 12.6. The number of pyridine rings is 1. The lowest BCUT2D eigenvalue weighted by Crippen LogP contribution is -2.27. The van der Waals surface area contributed by atoms with Crippen LogP contribution in [0.3, 0.4) is 0 Å². The van der Waals surface area contributed by atoms with Gasteiger partial charge in [0.25, 0.3) is 0 Å². The summed E-state index contributed by atoms with van der Waals surface area (Å²) in [6.07, 6.45) is 0. The summed E-state index contributed by atoms with van der Waals surface area (Å²) in [5, 5.41) is 6.76. The summed E-state index contributed by atoms with van der Waals surface area (Å²) >= 11 is 15.4. The summed E-state index contributed by atoms with van der Waals surface area (Å²) in [6.45, 7) is 1.41. The molecular formula is C26H23BrCl2N4O. The largest absolute Gasteiger partial charge is 0.369 e.